The summed E-state index contributed by atoms with van der Waals surface area (Å²) in [5.41, 5.74) is 0.820. The highest BCUT2D eigenvalue weighted by Gasteiger charge is 2.30. The first-order valence-electron chi connectivity index (χ1n) is 6.57. The minimum absolute atomic E-state index is 0.255. The van der Waals surface area contributed by atoms with E-state index in [4.69, 9.17) is 9.73 Å². The highest BCUT2D eigenvalue weighted by Crippen LogP contribution is 2.35. The number of anilines is 1. The SMILES string of the molecule is COc1cc(NC2=NC3CCCC3CS2)ccc1F. The van der Waals surface area contributed by atoms with Crippen molar-refractivity contribution in [2.45, 2.75) is 25.3 Å². The predicted molar refractivity (Wildman–Crippen MR) is 77.6 cm³/mol. The molecule has 2 unspecified atom stereocenters. The third-order valence-electron chi connectivity index (χ3n) is 3.74. The summed E-state index contributed by atoms with van der Waals surface area (Å²) >= 11 is 1.76. The highest BCUT2D eigenvalue weighted by molar-refractivity contribution is 8.14. The minimum Gasteiger partial charge on any atom is -0.494 e. The third-order valence-corrected chi connectivity index (χ3v) is 4.81. The van der Waals surface area contributed by atoms with Crippen LogP contribution in [-0.4, -0.2) is 24.1 Å². The molecule has 1 aromatic rings. The molecule has 0 radical (unpaired) electrons. The zero-order chi connectivity index (χ0) is 13.2. The lowest BCUT2D eigenvalue weighted by Gasteiger charge is -2.23. The van der Waals surface area contributed by atoms with Crippen molar-refractivity contribution in [1.82, 2.24) is 0 Å². The Kier molecular flexibility index (Phi) is 3.64. The van der Waals surface area contributed by atoms with Gasteiger partial charge in [0.15, 0.2) is 16.7 Å². The molecule has 0 saturated heterocycles. The van der Waals surface area contributed by atoms with E-state index < -0.39 is 0 Å². The van der Waals surface area contributed by atoms with Crippen molar-refractivity contribution < 1.29 is 9.13 Å². The standard InChI is InChI=1S/C14H17FN2OS/c1-18-13-7-10(5-6-11(13)15)16-14-17-12-4-2-3-9(12)8-19-14/h5-7,9,12H,2-4,8H2,1H3,(H,16,17). The third kappa shape index (κ3) is 2.71. The van der Waals surface area contributed by atoms with Crippen molar-refractivity contribution in [3.05, 3.63) is 24.0 Å². The lowest BCUT2D eigenvalue weighted by atomic mass is 10.1. The summed E-state index contributed by atoms with van der Waals surface area (Å²) in [6.07, 6.45) is 3.79. The van der Waals surface area contributed by atoms with Crippen LogP contribution in [0.4, 0.5) is 10.1 Å². The Bertz CT molecular complexity index is 506. The van der Waals surface area contributed by atoms with Crippen LogP contribution in [0.15, 0.2) is 23.2 Å². The molecule has 2 atom stereocenters. The van der Waals surface area contributed by atoms with Gasteiger partial charge in [-0.05, 0) is 30.9 Å². The number of hydrogen-bond donors (Lipinski definition) is 1. The molecule has 1 aliphatic carbocycles. The lowest BCUT2D eigenvalue weighted by molar-refractivity contribution is 0.387. The maximum absolute atomic E-state index is 13.3. The molecule has 102 valence electrons. The number of fused-ring (bicyclic) bond motifs is 1. The van der Waals surface area contributed by atoms with Gasteiger partial charge in [-0.2, -0.15) is 0 Å². The number of nitrogens with one attached hydrogen (secondary N) is 1. The van der Waals surface area contributed by atoms with Gasteiger partial charge in [0.25, 0.3) is 0 Å². The van der Waals surface area contributed by atoms with Gasteiger partial charge in [-0.25, -0.2) is 4.39 Å². The molecule has 1 N–H and O–H groups in total. The zero-order valence-corrected chi connectivity index (χ0v) is 11.7. The second kappa shape index (κ2) is 5.41. The van der Waals surface area contributed by atoms with Crippen molar-refractivity contribution in [2.75, 3.05) is 18.2 Å². The highest BCUT2D eigenvalue weighted by atomic mass is 32.2. The first-order valence-corrected chi connectivity index (χ1v) is 7.56. The number of benzene rings is 1. The van der Waals surface area contributed by atoms with Crippen molar-refractivity contribution in [3.63, 3.8) is 0 Å². The molecule has 5 heteroatoms. The lowest BCUT2D eigenvalue weighted by Crippen LogP contribution is -2.25. The summed E-state index contributed by atoms with van der Waals surface area (Å²) in [6.45, 7) is 0. The first kappa shape index (κ1) is 12.8. The molecule has 2 aliphatic rings. The van der Waals surface area contributed by atoms with E-state index in [-0.39, 0.29) is 11.6 Å². The molecule has 0 spiro atoms. The number of nitrogens with zero attached hydrogens (tertiary/aromatic N) is 1. The normalized spacial score (nSPS) is 25.7. The van der Waals surface area contributed by atoms with Crippen molar-refractivity contribution in [3.8, 4) is 5.75 Å². The molecular formula is C14H17FN2OS. The van der Waals surface area contributed by atoms with Gasteiger partial charge in [-0.3, -0.25) is 4.99 Å². The zero-order valence-electron chi connectivity index (χ0n) is 10.9. The summed E-state index contributed by atoms with van der Waals surface area (Å²) in [5, 5.41) is 4.20. The smallest absolute Gasteiger partial charge is 0.165 e. The number of aliphatic imine (C=N–C) groups is 1. The number of methoxy groups -OCH3 is 1. The van der Waals surface area contributed by atoms with E-state index in [9.17, 15) is 4.39 Å². The van der Waals surface area contributed by atoms with E-state index in [2.05, 4.69) is 5.32 Å². The average Bonchev–Trinajstić information content (AvgIpc) is 2.88. The molecule has 19 heavy (non-hydrogen) atoms. The van der Waals surface area contributed by atoms with E-state index in [1.54, 1.807) is 23.9 Å². The maximum atomic E-state index is 13.3. The van der Waals surface area contributed by atoms with Gasteiger partial charge in [0.1, 0.15) is 0 Å². The molecule has 0 bridgehead atoms. The van der Waals surface area contributed by atoms with E-state index >= 15 is 0 Å². The van der Waals surface area contributed by atoms with Crippen molar-refractivity contribution in [2.24, 2.45) is 10.9 Å². The van der Waals surface area contributed by atoms with Gasteiger partial charge in [0.05, 0.1) is 13.2 Å². The summed E-state index contributed by atoms with van der Waals surface area (Å²) in [5.74, 6) is 1.79. The fraction of sp³-hybridized carbons (Fsp3) is 0.500. The number of halogens is 1. The quantitative estimate of drug-likeness (QED) is 0.900. The number of thioether (sulfide) groups is 1. The summed E-state index contributed by atoms with van der Waals surface area (Å²) in [6, 6.07) is 5.26. The maximum Gasteiger partial charge on any atom is 0.165 e. The van der Waals surface area contributed by atoms with Gasteiger partial charge in [0, 0.05) is 17.5 Å². The fourth-order valence-electron chi connectivity index (χ4n) is 2.68. The Morgan fingerprint density at radius 3 is 3.16 bits per heavy atom. The molecule has 1 aliphatic heterocycles. The monoisotopic (exact) mass is 280 g/mol. The van der Waals surface area contributed by atoms with Crippen LogP contribution in [-0.2, 0) is 0 Å². The fourth-order valence-corrected chi connectivity index (χ4v) is 3.85. The second-order valence-corrected chi connectivity index (χ2v) is 5.99. The molecular weight excluding hydrogens is 263 g/mol. The summed E-state index contributed by atoms with van der Waals surface area (Å²) < 4.78 is 18.3. The average molecular weight is 280 g/mol. The predicted octanol–water partition coefficient (Wildman–Crippen LogP) is 3.52. The van der Waals surface area contributed by atoms with Crippen molar-refractivity contribution in [1.29, 1.82) is 0 Å². The minimum atomic E-state index is -0.345. The van der Waals surface area contributed by atoms with Crippen LogP contribution in [0.2, 0.25) is 0 Å². The molecule has 0 aromatic heterocycles. The molecule has 1 saturated carbocycles. The summed E-state index contributed by atoms with van der Waals surface area (Å²) in [4.78, 5) is 4.75. The molecule has 3 rings (SSSR count). The van der Waals surface area contributed by atoms with E-state index in [0.717, 1.165) is 22.5 Å². The Hall–Kier alpha value is -1.23. The van der Waals surface area contributed by atoms with E-state index in [1.807, 2.05) is 0 Å². The largest absolute Gasteiger partial charge is 0.494 e. The van der Waals surface area contributed by atoms with Crippen LogP contribution in [0.5, 0.6) is 5.75 Å². The van der Waals surface area contributed by atoms with Crippen LogP contribution in [0, 0.1) is 11.7 Å². The van der Waals surface area contributed by atoms with Crippen LogP contribution in [0.25, 0.3) is 0 Å². The van der Waals surface area contributed by atoms with Crippen LogP contribution < -0.4 is 10.1 Å². The van der Waals surface area contributed by atoms with Gasteiger partial charge >= 0.3 is 0 Å². The second-order valence-electron chi connectivity index (χ2n) is 4.98. The molecule has 1 aromatic carbocycles. The summed E-state index contributed by atoms with van der Waals surface area (Å²) in [7, 11) is 1.47. The first-order chi connectivity index (χ1) is 9.26. The Morgan fingerprint density at radius 2 is 2.32 bits per heavy atom. The van der Waals surface area contributed by atoms with Crippen LogP contribution in [0.3, 0.4) is 0 Å². The van der Waals surface area contributed by atoms with Gasteiger partial charge in [-0.15, -0.1) is 0 Å². The number of hydrogen-bond acceptors (Lipinski definition) is 4. The molecule has 0 amide bonds. The van der Waals surface area contributed by atoms with Crippen LogP contribution >= 0.6 is 11.8 Å². The number of amidine groups is 1. The van der Waals surface area contributed by atoms with Gasteiger partial charge in [-0.1, -0.05) is 18.2 Å². The van der Waals surface area contributed by atoms with E-state index in [0.29, 0.717) is 6.04 Å². The van der Waals surface area contributed by atoms with Gasteiger partial charge in [0.2, 0.25) is 0 Å². The topological polar surface area (TPSA) is 33.6 Å². The number of rotatable bonds is 2. The molecule has 1 heterocycles. The molecule has 3 nitrogen and oxygen atoms in total. The number of ether oxygens (including phenoxy) is 1. The van der Waals surface area contributed by atoms with E-state index in [1.165, 1.54) is 32.4 Å². The van der Waals surface area contributed by atoms with Crippen molar-refractivity contribution >= 4 is 22.6 Å². The Balaban J connectivity index is 1.74. The van der Waals surface area contributed by atoms with Gasteiger partial charge < -0.3 is 10.1 Å². The van der Waals surface area contributed by atoms with Crippen LogP contribution in [0.1, 0.15) is 19.3 Å². The molecule has 1 fully saturated rings. The Labute approximate surface area is 116 Å². The Morgan fingerprint density at radius 1 is 1.42 bits per heavy atom.